The van der Waals surface area contributed by atoms with Crippen molar-refractivity contribution in [2.75, 3.05) is 13.7 Å². The van der Waals surface area contributed by atoms with Gasteiger partial charge in [-0.2, -0.15) is 10.2 Å². The standard InChI is InChI=1S/C23H21N5O5/c1-32-17-6-4-16(5-7-17)18-8-10-22(30)27(25-18)13-12-24-21(29)15-28-23(31)11-9-19(26-28)20-3-2-14-33-20/h2-11,14H,12-13,15H2,1H3,(H,24,29). The molecule has 10 heteroatoms. The quantitative estimate of drug-likeness (QED) is 0.435. The molecule has 1 aromatic carbocycles. The lowest BCUT2D eigenvalue weighted by Crippen LogP contribution is -2.36. The third-order valence-electron chi connectivity index (χ3n) is 4.83. The van der Waals surface area contributed by atoms with Crippen molar-refractivity contribution in [3.8, 4) is 28.5 Å². The highest BCUT2D eigenvalue weighted by Crippen LogP contribution is 2.19. The van der Waals surface area contributed by atoms with Crippen molar-refractivity contribution in [2.24, 2.45) is 0 Å². The van der Waals surface area contributed by atoms with Crippen LogP contribution >= 0.6 is 0 Å². The molecule has 0 atom stereocenters. The molecule has 4 rings (SSSR count). The highest BCUT2D eigenvalue weighted by Gasteiger charge is 2.10. The number of aromatic nitrogens is 4. The molecule has 0 unspecified atom stereocenters. The molecule has 33 heavy (non-hydrogen) atoms. The maximum Gasteiger partial charge on any atom is 0.267 e. The molecule has 3 aromatic heterocycles. The van der Waals surface area contributed by atoms with Gasteiger partial charge in [0.15, 0.2) is 5.76 Å². The van der Waals surface area contributed by atoms with Crippen LogP contribution in [0.2, 0.25) is 0 Å². The van der Waals surface area contributed by atoms with Crippen LogP contribution in [0.5, 0.6) is 5.75 Å². The Hall–Kier alpha value is -4.47. The lowest BCUT2D eigenvalue weighted by molar-refractivity contribution is -0.121. The first-order chi connectivity index (χ1) is 16.0. The minimum absolute atomic E-state index is 0.157. The van der Waals surface area contributed by atoms with Crippen LogP contribution in [-0.4, -0.2) is 39.1 Å². The summed E-state index contributed by atoms with van der Waals surface area (Å²) >= 11 is 0. The summed E-state index contributed by atoms with van der Waals surface area (Å²) in [4.78, 5) is 36.6. The third kappa shape index (κ3) is 5.24. The Morgan fingerprint density at radius 2 is 1.64 bits per heavy atom. The van der Waals surface area contributed by atoms with Gasteiger partial charge in [-0.25, -0.2) is 9.36 Å². The molecule has 1 N–H and O–H groups in total. The molecule has 0 spiro atoms. The second kappa shape index (κ2) is 9.77. The second-order valence-electron chi connectivity index (χ2n) is 7.05. The molecule has 10 nitrogen and oxygen atoms in total. The van der Waals surface area contributed by atoms with Gasteiger partial charge in [-0.3, -0.25) is 14.4 Å². The molecule has 0 aliphatic carbocycles. The first kappa shape index (κ1) is 21.8. The summed E-state index contributed by atoms with van der Waals surface area (Å²) in [5.74, 6) is 0.796. The van der Waals surface area contributed by atoms with Crippen molar-refractivity contribution in [3.63, 3.8) is 0 Å². The predicted octanol–water partition coefficient (Wildman–Crippen LogP) is 1.55. The number of ether oxygens (including phenoxy) is 1. The van der Waals surface area contributed by atoms with Gasteiger partial charge in [0.2, 0.25) is 5.91 Å². The van der Waals surface area contributed by atoms with E-state index >= 15 is 0 Å². The molecular weight excluding hydrogens is 426 g/mol. The van der Waals surface area contributed by atoms with Crippen molar-refractivity contribution in [2.45, 2.75) is 13.1 Å². The largest absolute Gasteiger partial charge is 0.497 e. The van der Waals surface area contributed by atoms with Crippen LogP contribution in [0.1, 0.15) is 0 Å². The number of carbonyl (C=O) groups excluding carboxylic acids is 1. The molecule has 0 saturated carbocycles. The summed E-state index contributed by atoms with van der Waals surface area (Å²) in [6.45, 7) is 0.0648. The zero-order valence-electron chi connectivity index (χ0n) is 17.8. The van der Waals surface area contributed by atoms with Gasteiger partial charge in [-0.1, -0.05) is 0 Å². The molecule has 0 bridgehead atoms. The minimum Gasteiger partial charge on any atom is -0.497 e. The summed E-state index contributed by atoms with van der Waals surface area (Å²) < 4.78 is 12.8. The van der Waals surface area contributed by atoms with Crippen LogP contribution < -0.4 is 21.2 Å². The van der Waals surface area contributed by atoms with Gasteiger partial charge in [0.05, 0.1) is 25.6 Å². The van der Waals surface area contributed by atoms with Crippen molar-refractivity contribution in [1.82, 2.24) is 24.9 Å². The maximum absolute atomic E-state index is 12.3. The summed E-state index contributed by atoms with van der Waals surface area (Å²) in [7, 11) is 1.59. The van der Waals surface area contributed by atoms with Crippen LogP contribution in [-0.2, 0) is 17.9 Å². The zero-order valence-corrected chi connectivity index (χ0v) is 17.8. The number of furan rings is 1. The Kier molecular flexibility index (Phi) is 6.44. The van der Waals surface area contributed by atoms with E-state index in [9.17, 15) is 14.4 Å². The number of rotatable bonds is 8. The molecule has 168 valence electrons. The van der Waals surface area contributed by atoms with Gasteiger partial charge < -0.3 is 14.5 Å². The number of hydrogen-bond donors (Lipinski definition) is 1. The molecule has 4 aromatic rings. The lowest BCUT2D eigenvalue weighted by Gasteiger charge is -2.10. The van der Waals surface area contributed by atoms with Crippen molar-refractivity contribution in [3.05, 3.63) is 87.6 Å². The fourth-order valence-electron chi connectivity index (χ4n) is 3.14. The Bertz CT molecular complexity index is 1360. The monoisotopic (exact) mass is 447 g/mol. The Balaban J connectivity index is 1.38. The van der Waals surface area contributed by atoms with E-state index in [2.05, 4.69) is 15.5 Å². The zero-order chi connectivity index (χ0) is 23.2. The SMILES string of the molecule is COc1ccc(-c2ccc(=O)n(CCNC(=O)Cn3nc(-c4ccco4)ccc3=O)n2)cc1. The van der Waals surface area contributed by atoms with Gasteiger partial charge in [0.1, 0.15) is 18.0 Å². The van der Waals surface area contributed by atoms with E-state index in [0.29, 0.717) is 17.1 Å². The number of hydrogen-bond acceptors (Lipinski definition) is 7. The lowest BCUT2D eigenvalue weighted by atomic mass is 10.1. The van der Waals surface area contributed by atoms with Crippen LogP contribution in [0.15, 0.2) is 80.9 Å². The molecule has 0 fully saturated rings. The fraction of sp³-hybridized carbons (Fsp3) is 0.174. The van der Waals surface area contributed by atoms with E-state index < -0.39 is 11.5 Å². The number of benzene rings is 1. The number of amides is 1. The fourth-order valence-corrected chi connectivity index (χ4v) is 3.14. The molecule has 0 radical (unpaired) electrons. The van der Waals surface area contributed by atoms with E-state index in [-0.39, 0.29) is 25.2 Å². The van der Waals surface area contributed by atoms with Gasteiger partial charge in [0.25, 0.3) is 11.1 Å². The first-order valence-corrected chi connectivity index (χ1v) is 10.1. The van der Waals surface area contributed by atoms with E-state index in [1.807, 2.05) is 24.3 Å². The molecule has 0 aliphatic heterocycles. The number of carbonyl (C=O) groups is 1. The maximum atomic E-state index is 12.3. The molecular formula is C23H21N5O5. The summed E-state index contributed by atoms with van der Waals surface area (Å²) in [5, 5.41) is 11.2. The number of nitrogens with zero attached hydrogens (tertiary/aromatic N) is 4. The smallest absolute Gasteiger partial charge is 0.267 e. The van der Waals surface area contributed by atoms with Crippen molar-refractivity contribution in [1.29, 1.82) is 0 Å². The van der Waals surface area contributed by atoms with Gasteiger partial charge in [-0.15, -0.1) is 0 Å². The molecule has 0 aliphatic rings. The van der Waals surface area contributed by atoms with E-state index in [4.69, 9.17) is 9.15 Å². The predicted molar refractivity (Wildman–Crippen MR) is 120 cm³/mol. The highest BCUT2D eigenvalue weighted by molar-refractivity contribution is 5.75. The molecule has 1 amide bonds. The van der Waals surface area contributed by atoms with Crippen LogP contribution in [0.3, 0.4) is 0 Å². The van der Waals surface area contributed by atoms with Crippen LogP contribution in [0.25, 0.3) is 22.7 Å². The van der Waals surface area contributed by atoms with Crippen LogP contribution in [0.4, 0.5) is 0 Å². The average Bonchev–Trinajstić information content (AvgIpc) is 3.37. The summed E-state index contributed by atoms with van der Waals surface area (Å²) in [6.07, 6.45) is 1.50. The Morgan fingerprint density at radius 3 is 2.33 bits per heavy atom. The summed E-state index contributed by atoms with van der Waals surface area (Å²) in [6, 6.07) is 16.7. The first-order valence-electron chi connectivity index (χ1n) is 10.1. The second-order valence-corrected chi connectivity index (χ2v) is 7.05. The van der Waals surface area contributed by atoms with E-state index in [0.717, 1.165) is 16.0 Å². The highest BCUT2D eigenvalue weighted by atomic mass is 16.5. The van der Waals surface area contributed by atoms with Gasteiger partial charge in [0, 0.05) is 24.2 Å². The average molecular weight is 447 g/mol. The topological polar surface area (TPSA) is 121 Å². The summed E-state index contributed by atoms with van der Waals surface area (Å²) in [5.41, 5.74) is 1.19. The molecule has 0 saturated heterocycles. The number of nitrogens with one attached hydrogen (secondary N) is 1. The minimum atomic E-state index is -0.416. The van der Waals surface area contributed by atoms with E-state index in [1.54, 1.807) is 25.3 Å². The van der Waals surface area contributed by atoms with Gasteiger partial charge >= 0.3 is 0 Å². The Morgan fingerprint density at radius 1 is 0.939 bits per heavy atom. The number of methoxy groups -OCH3 is 1. The van der Waals surface area contributed by atoms with E-state index in [1.165, 1.54) is 29.1 Å². The normalized spacial score (nSPS) is 10.7. The Labute approximate surface area is 188 Å². The molecule has 3 heterocycles. The van der Waals surface area contributed by atoms with Crippen molar-refractivity contribution < 1.29 is 13.9 Å². The van der Waals surface area contributed by atoms with Crippen molar-refractivity contribution >= 4 is 5.91 Å². The third-order valence-corrected chi connectivity index (χ3v) is 4.83. The van der Waals surface area contributed by atoms with Crippen LogP contribution in [0, 0.1) is 0 Å². The van der Waals surface area contributed by atoms with Gasteiger partial charge in [-0.05, 0) is 48.5 Å².